The van der Waals surface area contributed by atoms with Gasteiger partial charge < -0.3 is 9.80 Å². The molecule has 0 aliphatic heterocycles. The van der Waals surface area contributed by atoms with Crippen LogP contribution in [0, 0.1) is 0 Å². The molecule has 0 radical (unpaired) electrons. The van der Waals surface area contributed by atoms with Crippen molar-refractivity contribution in [3.05, 3.63) is 231 Å². The fraction of sp³-hybridized carbons (Fsp3) is 0. The molecule has 9 aromatic carbocycles. The minimum atomic E-state index is 1.10. The van der Waals surface area contributed by atoms with Crippen LogP contribution in [0.4, 0.5) is 34.1 Å². The van der Waals surface area contributed by atoms with Crippen molar-refractivity contribution in [2.45, 2.75) is 0 Å². The lowest BCUT2D eigenvalue weighted by Crippen LogP contribution is -2.10. The zero-order valence-corrected chi connectivity index (χ0v) is 29.8. The molecule has 0 saturated carbocycles. The Balaban J connectivity index is 1.04. The highest BCUT2D eigenvalue weighted by Crippen LogP contribution is 2.40. The van der Waals surface area contributed by atoms with E-state index in [-0.39, 0.29) is 0 Å². The number of hydrogen-bond donors (Lipinski definition) is 0. The van der Waals surface area contributed by atoms with E-state index in [4.69, 9.17) is 0 Å². The summed E-state index contributed by atoms with van der Waals surface area (Å²) in [5, 5.41) is 2.51. The molecule has 2 nitrogen and oxygen atoms in total. The van der Waals surface area contributed by atoms with E-state index in [1.807, 2.05) is 0 Å². The average Bonchev–Trinajstić information content (AvgIpc) is 3.26. The topological polar surface area (TPSA) is 6.48 Å². The summed E-state index contributed by atoms with van der Waals surface area (Å²) in [4.78, 5) is 4.65. The number of nitrogens with zero attached hydrogens (tertiary/aromatic N) is 2. The summed E-state index contributed by atoms with van der Waals surface area (Å²) in [6.45, 7) is 0. The van der Waals surface area contributed by atoms with Crippen LogP contribution in [0.3, 0.4) is 0 Å². The van der Waals surface area contributed by atoms with E-state index in [0.717, 1.165) is 45.3 Å². The molecule has 0 bridgehead atoms. The Kier molecular flexibility index (Phi) is 8.99. The summed E-state index contributed by atoms with van der Waals surface area (Å²) in [7, 11) is 0. The van der Waals surface area contributed by atoms with Gasteiger partial charge in [0.05, 0.1) is 0 Å². The minimum Gasteiger partial charge on any atom is -0.311 e. The number of rotatable bonds is 9. The summed E-state index contributed by atoms with van der Waals surface area (Å²) < 4.78 is 0. The predicted octanol–water partition coefficient (Wildman–Crippen LogP) is 14.8. The van der Waals surface area contributed by atoms with Crippen molar-refractivity contribution < 1.29 is 0 Å². The van der Waals surface area contributed by atoms with Gasteiger partial charge in [0.15, 0.2) is 0 Å². The van der Waals surface area contributed by atoms with E-state index < -0.39 is 0 Å². The van der Waals surface area contributed by atoms with Crippen LogP contribution in [0.1, 0.15) is 0 Å². The van der Waals surface area contributed by atoms with Crippen LogP contribution in [-0.2, 0) is 0 Å². The summed E-state index contributed by atoms with van der Waals surface area (Å²) in [5.41, 5.74) is 13.8. The molecular formula is C52H38N2. The summed E-state index contributed by atoms with van der Waals surface area (Å²) >= 11 is 0. The Morgan fingerprint density at radius 3 is 1.19 bits per heavy atom. The maximum absolute atomic E-state index is 2.33. The van der Waals surface area contributed by atoms with Gasteiger partial charge >= 0.3 is 0 Å². The van der Waals surface area contributed by atoms with Crippen LogP contribution in [0.5, 0.6) is 0 Å². The number of anilines is 6. The van der Waals surface area contributed by atoms with Crippen molar-refractivity contribution in [1.82, 2.24) is 0 Å². The molecule has 54 heavy (non-hydrogen) atoms. The van der Waals surface area contributed by atoms with Crippen molar-refractivity contribution in [3.8, 4) is 33.4 Å². The molecule has 9 rings (SSSR count). The predicted molar refractivity (Wildman–Crippen MR) is 230 cm³/mol. The highest BCUT2D eigenvalue weighted by atomic mass is 15.1. The molecule has 0 atom stereocenters. The number of fused-ring (bicyclic) bond motifs is 1. The highest BCUT2D eigenvalue weighted by molar-refractivity contribution is 5.97. The first-order valence-corrected chi connectivity index (χ1v) is 18.4. The molecule has 0 heterocycles. The Hall–Kier alpha value is -7.16. The zero-order chi connectivity index (χ0) is 36.1. The lowest BCUT2D eigenvalue weighted by atomic mass is 9.98. The minimum absolute atomic E-state index is 1.10. The van der Waals surface area contributed by atoms with Crippen molar-refractivity contribution in [2.24, 2.45) is 0 Å². The molecule has 0 unspecified atom stereocenters. The molecule has 0 aliphatic rings. The van der Waals surface area contributed by atoms with Gasteiger partial charge in [0.25, 0.3) is 0 Å². The first-order valence-electron chi connectivity index (χ1n) is 18.4. The lowest BCUT2D eigenvalue weighted by Gasteiger charge is -2.27. The fourth-order valence-electron chi connectivity index (χ4n) is 7.38. The van der Waals surface area contributed by atoms with Crippen LogP contribution < -0.4 is 9.80 Å². The quantitative estimate of drug-likeness (QED) is 0.149. The monoisotopic (exact) mass is 690 g/mol. The molecule has 0 fully saturated rings. The Bertz CT molecular complexity index is 2610. The van der Waals surface area contributed by atoms with Gasteiger partial charge in [-0.2, -0.15) is 0 Å². The Morgan fingerprint density at radius 2 is 0.593 bits per heavy atom. The summed E-state index contributed by atoms with van der Waals surface area (Å²) in [6.07, 6.45) is 0. The summed E-state index contributed by atoms with van der Waals surface area (Å²) in [5.74, 6) is 0. The smallest absolute Gasteiger partial charge is 0.0467 e. The standard InChI is InChI=1S/C52H38N2/c1-4-14-39(15-5-1)40-26-32-47(33-27-40)53(45-19-6-2-7-20-45)48-34-28-41(29-35-48)44-18-12-23-50(38-44)54(46-21-8-3-9-22-46)49-36-30-43(31-37-49)52-25-13-17-42-16-10-11-24-51(42)52/h1-38H. The van der Waals surface area contributed by atoms with Crippen molar-refractivity contribution in [1.29, 1.82) is 0 Å². The molecule has 0 amide bonds. The third-order valence-electron chi connectivity index (χ3n) is 10.1. The second-order valence-electron chi connectivity index (χ2n) is 13.4. The van der Waals surface area contributed by atoms with Crippen molar-refractivity contribution in [2.75, 3.05) is 9.80 Å². The fourth-order valence-corrected chi connectivity index (χ4v) is 7.38. The van der Waals surface area contributed by atoms with Crippen LogP contribution in [0.25, 0.3) is 44.2 Å². The zero-order valence-electron chi connectivity index (χ0n) is 29.8. The number of para-hydroxylation sites is 2. The first kappa shape index (κ1) is 32.7. The van der Waals surface area contributed by atoms with Crippen LogP contribution in [0.15, 0.2) is 231 Å². The molecular weight excluding hydrogens is 653 g/mol. The third-order valence-corrected chi connectivity index (χ3v) is 10.1. The largest absolute Gasteiger partial charge is 0.311 e. The number of hydrogen-bond acceptors (Lipinski definition) is 2. The van der Waals surface area contributed by atoms with E-state index in [9.17, 15) is 0 Å². The van der Waals surface area contributed by atoms with Gasteiger partial charge in [0.1, 0.15) is 0 Å². The van der Waals surface area contributed by atoms with Gasteiger partial charge in [0, 0.05) is 34.1 Å². The molecule has 0 N–H and O–H groups in total. The molecule has 0 saturated heterocycles. The van der Waals surface area contributed by atoms with E-state index in [1.165, 1.54) is 33.0 Å². The summed E-state index contributed by atoms with van der Waals surface area (Å²) in [6, 6.07) is 82.3. The molecule has 0 aromatic heterocycles. The molecule has 0 spiro atoms. The van der Waals surface area contributed by atoms with Crippen LogP contribution >= 0.6 is 0 Å². The molecule has 256 valence electrons. The average molecular weight is 691 g/mol. The van der Waals surface area contributed by atoms with E-state index >= 15 is 0 Å². The van der Waals surface area contributed by atoms with Crippen molar-refractivity contribution in [3.63, 3.8) is 0 Å². The maximum Gasteiger partial charge on any atom is 0.0467 e. The van der Waals surface area contributed by atoms with Crippen molar-refractivity contribution >= 4 is 44.9 Å². The lowest BCUT2D eigenvalue weighted by molar-refractivity contribution is 1.28. The normalized spacial score (nSPS) is 11.0. The Morgan fingerprint density at radius 1 is 0.222 bits per heavy atom. The highest BCUT2D eigenvalue weighted by Gasteiger charge is 2.16. The Labute approximate surface area is 317 Å². The van der Waals surface area contributed by atoms with Crippen LogP contribution in [0.2, 0.25) is 0 Å². The third kappa shape index (κ3) is 6.65. The van der Waals surface area contributed by atoms with E-state index in [2.05, 4.69) is 240 Å². The van der Waals surface area contributed by atoms with E-state index in [1.54, 1.807) is 0 Å². The van der Waals surface area contributed by atoms with Gasteiger partial charge in [-0.25, -0.2) is 0 Å². The van der Waals surface area contributed by atoms with Crippen LogP contribution in [-0.4, -0.2) is 0 Å². The van der Waals surface area contributed by atoms with Gasteiger partial charge in [-0.1, -0.05) is 158 Å². The molecule has 9 aromatic rings. The SMILES string of the molecule is c1ccc(-c2ccc(N(c3ccccc3)c3ccc(-c4cccc(N(c5ccccc5)c5ccc(-c6cccc7ccccc67)cc5)c4)cc3)cc2)cc1. The van der Waals surface area contributed by atoms with Gasteiger partial charge in [-0.3, -0.25) is 0 Å². The number of benzene rings is 9. The van der Waals surface area contributed by atoms with Gasteiger partial charge in [-0.05, 0) is 117 Å². The van der Waals surface area contributed by atoms with E-state index in [0.29, 0.717) is 0 Å². The molecule has 0 aliphatic carbocycles. The molecule has 2 heteroatoms. The maximum atomic E-state index is 2.33. The van der Waals surface area contributed by atoms with Gasteiger partial charge in [-0.15, -0.1) is 0 Å². The second-order valence-corrected chi connectivity index (χ2v) is 13.4. The second kappa shape index (κ2) is 14.8. The van der Waals surface area contributed by atoms with Gasteiger partial charge in [0.2, 0.25) is 0 Å². The first-order chi connectivity index (χ1) is 26.8.